The Hall–Kier alpha value is -1.18. The van der Waals surface area contributed by atoms with Gasteiger partial charge in [0.25, 0.3) is 0 Å². The second-order valence-corrected chi connectivity index (χ2v) is 3.69. The van der Waals surface area contributed by atoms with E-state index in [9.17, 15) is 0 Å². The Balaban J connectivity index is 4.00. The summed E-state index contributed by atoms with van der Waals surface area (Å²) in [6, 6.07) is 0. The Kier molecular flexibility index (Phi) is 6.63. The minimum Gasteiger partial charge on any atom is -0.313 e. The van der Waals surface area contributed by atoms with E-state index in [1.165, 1.54) is 6.21 Å². The third kappa shape index (κ3) is 6.35. The quantitative estimate of drug-likeness (QED) is 0.436. The molecule has 0 saturated heterocycles. The molecule has 14 heavy (non-hydrogen) atoms. The minimum atomic E-state index is 0.443. The van der Waals surface area contributed by atoms with E-state index in [0.717, 1.165) is 31.3 Å². The molecule has 1 unspecified atom stereocenters. The molecule has 0 saturated carbocycles. The molecule has 0 aliphatic rings. The second kappa shape index (κ2) is 7.25. The van der Waals surface area contributed by atoms with E-state index < -0.39 is 0 Å². The van der Waals surface area contributed by atoms with Gasteiger partial charge in [0.1, 0.15) is 0 Å². The molecule has 0 aromatic heterocycles. The van der Waals surface area contributed by atoms with Crippen LogP contribution in [-0.4, -0.2) is 11.9 Å². The number of rotatable bonds is 8. The lowest BCUT2D eigenvalue weighted by Gasteiger charge is -2.14. The number of nitrogens with one attached hydrogen (secondary N) is 2. The highest BCUT2D eigenvalue weighted by Crippen LogP contribution is 2.19. The Morgan fingerprint density at radius 2 is 2.14 bits per heavy atom. The molecule has 0 spiro atoms. The molecule has 0 aromatic rings. The predicted molar refractivity (Wildman–Crippen MR) is 63.5 cm³/mol. The van der Waals surface area contributed by atoms with Gasteiger partial charge in [0.2, 0.25) is 0 Å². The molecule has 2 nitrogen and oxygen atoms in total. The topological polar surface area (TPSA) is 47.7 Å². The van der Waals surface area contributed by atoms with E-state index in [2.05, 4.69) is 13.2 Å². The summed E-state index contributed by atoms with van der Waals surface area (Å²) in [4.78, 5) is 0. The molecule has 0 aromatic carbocycles. The van der Waals surface area contributed by atoms with Crippen molar-refractivity contribution in [3.05, 3.63) is 24.8 Å². The first-order valence-corrected chi connectivity index (χ1v) is 4.93. The van der Waals surface area contributed by atoms with Crippen LogP contribution in [0.3, 0.4) is 0 Å². The lowest BCUT2D eigenvalue weighted by molar-refractivity contribution is 0.516. The highest BCUT2D eigenvalue weighted by atomic mass is 14.4. The van der Waals surface area contributed by atoms with Gasteiger partial charge in [-0.05, 0) is 44.7 Å². The van der Waals surface area contributed by atoms with Crippen molar-refractivity contribution < 1.29 is 0 Å². The molecule has 2 heteroatoms. The van der Waals surface area contributed by atoms with Crippen LogP contribution in [0.4, 0.5) is 0 Å². The second-order valence-electron chi connectivity index (χ2n) is 3.69. The van der Waals surface area contributed by atoms with Gasteiger partial charge in [-0.15, -0.1) is 0 Å². The summed E-state index contributed by atoms with van der Waals surface area (Å²) in [5.74, 6) is 0.443. The monoisotopic (exact) mass is 192 g/mol. The highest BCUT2D eigenvalue weighted by Gasteiger charge is 2.08. The summed E-state index contributed by atoms with van der Waals surface area (Å²) in [7, 11) is 0. The van der Waals surface area contributed by atoms with Gasteiger partial charge in [0.15, 0.2) is 0 Å². The Labute approximate surface area is 86.7 Å². The summed E-state index contributed by atoms with van der Waals surface area (Å²) < 4.78 is 0. The molecule has 0 aliphatic carbocycles. The average molecular weight is 192 g/mol. The van der Waals surface area contributed by atoms with Crippen molar-refractivity contribution in [2.45, 2.75) is 32.6 Å². The van der Waals surface area contributed by atoms with Crippen molar-refractivity contribution in [3.63, 3.8) is 0 Å². The van der Waals surface area contributed by atoms with Gasteiger partial charge < -0.3 is 10.8 Å². The first kappa shape index (κ1) is 12.8. The average Bonchev–Trinajstić information content (AvgIpc) is 2.14. The van der Waals surface area contributed by atoms with Crippen LogP contribution >= 0.6 is 0 Å². The smallest absolute Gasteiger partial charge is 0.00583 e. The van der Waals surface area contributed by atoms with Crippen LogP contribution in [-0.2, 0) is 0 Å². The van der Waals surface area contributed by atoms with Crippen LogP contribution in [0.15, 0.2) is 24.8 Å². The van der Waals surface area contributed by atoms with Gasteiger partial charge in [-0.25, -0.2) is 0 Å². The molecule has 0 aliphatic heterocycles. The molecule has 0 bridgehead atoms. The van der Waals surface area contributed by atoms with Crippen LogP contribution in [0.2, 0.25) is 0 Å². The van der Waals surface area contributed by atoms with E-state index in [4.69, 9.17) is 10.8 Å². The largest absolute Gasteiger partial charge is 0.313 e. The third-order valence-electron chi connectivity index (χ3n) is 2.22. The van der Waals surface area contributed by atoms with Crippen LogP contribution in [0, 0.1) is 16.7 Å². The van der Waals surface area contributed by atoms with Crippen molar-refractivity contribution in [2.24, 2.45) is 5.92 Å². The van der Waals surface area contributed by atoms with Crippen molar-refractivity contribution >= 4 is 11.9 Å². The zero-order valence-electron chi connectivity index (χ0n) is 8.97. The molecule has 78 valence electrons. The lowest BCUT2D eigenvalue weighted by Crippen LogP contribution is -2.04. The molecule has 0 rings (SSSR count). The molecule has 2 N–H and O–H groups in total. The Bertz CT molecular complexity index is 228. The zero-order valence-corrected chi connectivity index (χ0v) is 8.97. The van der Waals surface area contributed by atoms with Gasteiger partial charge in [0, 0.05) is 5.71 Å². The molecule has 0 radical (unpaired) electrons. The van der Waals surface area contributed by atoms with Crippen LogP contribution < -0.4 is 0 Å². The first-order valence-electron chi connectivity index (χ1n) is 4.93. The van der Waals surface area contributed by atoms with Crippen molar-refractivity contribution in [1.82, 2.24) is 0 Å². The molecule has 1 atom stereocenters. The predicted octanol–water partition coefficient (Wildman–Crippen LogP) is 3.59. The zero-order chi connectivity index (χ0) is 11.0. The lowest BCUT2D eigenvalue weighted by atomic mass is 9.92. The maximum Gasteiger partial charge on any atom is 0.00583 e. The first-order chi connectivity index (χ1) is 6.60. The highest BCUT2D eigenvalue weighted by molar-refractivity contribution is 5.78. The van der Waals surface area contributed by atoms with E-state index in [-0.39, 0.29) is 0 Å². The summed E-state index contributed by atoms with van der Waals surface area (Å²) in [6.45, 7) is 9.37. The number of hydrogen-bond donors (Lipinski definition) is 2. The number of hydrogen-bond acceptors (Lipinski definition) is 2. The van der Waals surface area contributed by atoms with E-state index >= 15 is 0 Å². The molecule has 0 fully saturated rings. The fourth-order valence-electron chi connectivity index (χ4n) is 1.34. The number of allylic oxidation sites excluding steroid dienone is 2. The van der Waals surface area contributed by atoms with Gasteiger partial charge >= 0.3 is 0 Å². The summed E-state index contributed by atoms with van der Waals surface area (Å²) in [5, 5.41) is 14.4. The molecular weight excluding hydrogens is 172 g/mol. The summed E-state index contributed by atoms with van der Waals surface area (Å²) in [5.41, 5.74) is 1.74. The van der Waals surface area contributed by atoms with Crippen molar-refractivity contribution in [2.75, 3.05) is 0 Å². The Morgan fingerprint density at radius 1 is 1.50 bits per heavy atom. The van der Waals surface area contributed by atoms with Gasteiger partial charge in [-0.3, -0.25) is 0 Å². The van der Waals surface area contributed by atoms with E-state index in [0.29, 0.717) is 11.6 Å². The normalized spacial score (nSPS) is 11.8. The Morgan fingerprint density at radius 3 is 2.57 bits per heavy atom. The molecule has 0 heterocycles. The summed E-state index contributed by atoms with van der Waals surface area (Å²) >= 11 is 0. The fourth-order valence-corrected chi connectivity index (χ4v) is 1.34. The van der Waals surface area contributed by atoms with Gasteiger partial charge in [-0.1, -0.05) is 24.8 Å². The van der Waals surface area contributed by atoms with E-state index in [1.807, 2.05) is 6.92 Å². The van der Waals surface area contributed by atoms with Crippen molar-refractivity contribution in [3.8, 4) is 0 Å². The van der Waals surface area contributed by atoms with Gasteiger partial charge in [0.05, 0.1) is 0 Å². The fraction of sp³-hybridized carbons (Fsp3) is 0.500. The third-order valence-corrected chi connectivity index (χ3v) is 2.22. The van der Waals surface area contributed by atoms with Crippen LogP contribution in [0.25, 0.3) is 0 Å². The standard InChI is InChI=1S/C12H20N2/c1-4-10(2)9-12(7-8-13)6-5-11(3)14/h4,8,12-14H,1-2,5-7,9H2,3H3. The summed E-state index contributed by atoms with van der Waals surface area (Å²) in [6.07, 6.45) is 6.68. The van der Waals surface area contributed by atoms with Gasteiger partial charge in [-0.2, -0.15) is 0 Å². The molecule has 0 amide bonds. The van der Waals surface area contributed by atoms with Crippen molar-refractivity contribution in [1.29, 1.82) is 10.8 Å². The SMILES string of the molecule is C=CC(=C)CC(CC=N)CCC(C)=N. The van der Waals surface area contributed by atoms with E-state index in [1.54, 1.807) is 6.08 Å². The molecular formula is C12H20N2. The maximum atomic E-state index is 7.35. The van der Waals surface area contributed by atoms with Crippen LogP contribution in [0.1, 0.15) is 32.6 Å². The maximum absolute atomic E-state index is 7.35. The minimum absolute atomic E-state index is 0.443. The van der Waals surface area contributed by atoms with Crippen LogP contribution in [0.5, 0.6) is 0 Å².